The minimum Gasteiger partial charge on any atom is -0.368 e. The van der Waals surface area contributed by atoms with Crippen molar-refractivity contribution in [1.29, 1.82) is 0 Å². The van der Waals surface area contributed by atoms with Crippen LogP contribution in [0, 0.1) is 0 Å². The topological polar surface area (TPSA) is 50.7 Å². The van der Waals surface area contributed by atoms with Crippen LogP contribution in [0.25, 0.3) is 10.6 Å². The quantitative estimate of drug-likeness (QED) is 0.780. The first-order chi connectivity index (χ1) is 9.93. The molecule has 0 radical (unpaired) electrons. The van der Waals surface area contributed by atoms with E-state index in [0.29, 0.717) is 0 Å². The van der Waals surface area contributed by atoms with Gasteiger partial charge in [-0.3, -0.25) is 4.98 Å². The lowest BCUT2D eigenvalue weighted by Gasteiger charge is -2.08. The van der Waals surface area contributed by atoms with Crippen molar-refractivity contribution in [3.63, 3.8) is 0 Å². The molecule has 0 aliphatic heterocycles. The number of rotatable bonds is 5. The Morgan fingerprint density at radius 2 is 1.85 bits per heavy atom. The van der Waals surface area contributed by atoms with E-state index in [0.717, 1.165) is 29.4 Å². The molecule has 0 atom stereocenters. The molecule has 3 aromatic rings. The summed E-state index contributed by atoms with van der Waals surface area (Å²) >= 11 is 1.67. The van der Waals surface area contributed by atoms with E-state index in [9.17, 15) is 0 Å². The number of nitrogens with zero attached hydrogens (tertiary/aromatic N) is 3. The molecule has 0 aromatic carbocycles. The second-order valence-corrected chi connectivity index (χ2v) is 5.21. The predicted octanol–water partition coefficient (Wildman–Crippen LogP) is 3.25. The Bertz CT molecular complexity index is 653. The molecular formula is C15H14N4S. The highest BCUT2D eigenvalue weighted by molar-refractivity contribution is 7.13. The summed E-state index contributed by atoms with van der Waals surface area (Å²) < 4.78 is 0. The molecule has 0 saturated carbocycles. The maximum atomic E-state index is 4.42. The summed E-state index contributed by atoms with van der Waals surface area (Å²) in [6, 6.07) is 8.13. The van der Waals surface area contributed by atoms with E-state index in [1.54, 1.807) is 23.7 Å². The summed E-state index contributed by atoms with van der Waals surface area (Å²) in [4.78, 5) is 14.0. The van der Waals surface area contributed by atoms with E-state index in [1.165, 1.54) is 5.56 Å². The third-order valence-electron chi connectivity index (χ3n) is 2.91. The van der Waals surface area contributed by atoms with Crippen LogP contribution >= 0.6 is 11.3 Å². The number of thiophene rings is 1. The number of pyridine rings is 1. The van der Waals surface area contributed by atoms with Crippen LogP contribution in [-0.2, 0) is 6.42 Å². The highest BCUT2D eigenvalue weighted by atomic mass is 32.1. The van der Waals surface area contributed by atoms with Gasteiger partial charge in [0.25, 0.3) is 0 Å². The van der Waals surface area contributed by atoms with Gasteiger partial charge in [-0.25, -0.2) is 9.97 Å². The molecule has 0 saturated heterocycles. The zero-order valence-electron chi connectivity index (χ0n) is 10.9. The van der Waals surface area contributed by atoms with Crippen LogP contribution in [-0.4, -0.2) is 21.5 Å². The highest BCUT2D eigenvalue weighted by Gasteiger charge is 2.07. The largest absolute Gasteiger partial charge is 0.368 e. The van der Waals surface area contributed by atoms with Gasteiger partial charge in [0.2, 0.25) is 0 Å². The molecule has 5 heteroatoms. The number of aromatic nitrogens is 3. The molecule has 3 heterocycles. The summed E-state index contributed by atoms with van der Waals surface area (Å²) in [7, 11) is 0. The molecule has 0 spiro atoms. The van der Waals surface area contributed by atoms with Crippen molar-refractivity contribution < 1.29 is 0 Å². The van der Waals surface area contributed by atoms with Crippen LogP contribution in [0.4, 0.5) is 5.82 Å². The smallest absolute Gasteiger partial charge is 0.153 e. The fraction of sp³-hybridized carbons (Fsp3) is 0.133. The van der Waals surface area contributed by atoms with Crippen molar-refractivity contribution in [1.82, 2.24) is 15.0 Å². The average molecular weight is 282 g/mol. The molecule has 0 aliphatic carbocycles. The van der Waals surface area contributed by atoms with Crippen LogP contribution in [0.2, 0.25) is 0 Å². The predicted molar refractivity (Wildman–Crippen MR) is 81.8 cm³/mol. The lowest BCUT2D eigenvalue weighted by molar-refractivity contribution is 0.996. The maximum absolute atomic E-state index is 4.42. The fourth-order valence-corrected chi connectivity index (χ4v) is 2.66. The Kier molecular flexibility index (Phi) is 3.99. The second-order valence-electron chi connectivity index (χ2n) is 4.26. The van der Waals surface area contributed by atoms with E-state index in [4.69, 9.17) is 0 Å². The van der Waals surface area contributed by atoms with Crippen LogP contribution < -0.4 is 5.32 Å². The Balaban J connectivity index is 1.69. The first kappa shape index (κ1) is 12.7. The van der Waals surface area contributed by atoms with Crippen molar-refractivity contribution >= 4 is 17.2 Å². The van der Waals surface area contributed by atoms with Gasteiger partial charge in [-0.15, -0.1) is 11.3 Å². The summed E-state index contributed by atoms with van der Waals surface area (Å²) in [5.41, 5.74) is 2.17. The normalized spacial score (nSPS) is 10.4. The van der Waals surface area contributed by atoms with Gasteiger partial charge in [-0.05, 0) is 35.6 Å². The van der Waals surface area contributed by atoms with E-state index in [-0.39, 0.29) is 0 Å². The van der Waals surface area contributed by atoms with Gasteiger partial charge in [-0.2, -0.15) is 0 Å². The van der Waals surface area contributed by atoms with Gasteiger partial charge < -0.3 is 5.32 Å². The van der Waals surface area contributed by atoms with Crippen molar-refractivity contribution in [2.75, 3.05) is 11.9 Å². The van der Waals surface area contributed by atoms with E-state index >= 15 is 0 Å². The third kappa shape index (κ3) is 3.00. The van der Waals surface area contributed by atoms with Gasteiger partial charge >= 0.3 is 0 Å². The lowest BCUT2D eigenvalue weighted by atomic mass is 10.2. The third-order valence-corrected chi connectivity index (χ3v) is 3.78. The van der Waals surface area contributed by atoms with Gasteiger partial charge in [0, 0.05) is 31.3 Å². The lowest BCUT2D eigenvalue weighted by Crippen LogP contribution is -2.08. The van der Waals surface area contributed by atoms with E-state index in [2.05, 4.69) is 26.3 Å². The van der Waals surface area contributed by atoms with Crippen LogP contribution in [0.15, 0.2) is 54.4 Å². The molecule has 4 nitrogen and oxygen atoms in total. The SMILES string of the molecule is c1csc(-c2nccnc2NCCc2ccncc2)c1. The maximum Gasteiger partial charge on any atom is 0.153 e. The molecule has 0 bridgehead atoms. The summed E-state index contributed by atoms with van der Waals surface area (Å²) in [5.74, 6) is 0.837. The zero-order chi connectivity index (χ0) is 13.6. The van der Waals surface area contributed by atoms with E-state index in [1.807, 2.05) is 36.0 Å². The highest BCUT2D eigenvalue weighted by Crippen LogP contribution is 2.27. The summed E-state index contributed by atoms with van der Waals surface area (Å²) in [5, 5.41) is 5.41. The molecule has 20 heavy (non-hydrogen) atoms. The van der Waals surface area contributed by atoms with Gasteiger partial charge in [0.1, 0.15) is 5.69 Å². The van der Waals surface area contributed by atoms with Gasteiger partial charge in [0.05, 0.1) is 4.88 Å². The molecule has 100 valence electrons. The van der Waals surface area contributed by atoms with Crippen LogP contribution in [0.3, 0.4) is 0 Å². The van der Waals surface area contributed by atoms with Crippen molar-refractivity contribution in [3.05, 3.63) is 60.0 Å². The van der Waals surface area contributed by atoms with Crippen LogP contribution in [0.5, 0.6) is 0 Å². The minimum atomic E-state index is 0.821. The van der Waals surface area contributed by atoms with Crippen molar-refractivity contribution in [2.24, 2.45) is 0 Å². The van der Waals surface area contributed by atoms with Crippen molar-refractivity contribution in [2.45, 2.75) is 6.42 Å². The Hall–Kier alpha value is -2.27. The first-order valence-corrected chi connectivity index (χ1v) is 7.29. The number of hydrogen-bond donors (Lipinski definition) is 1. The van der Waals surface area contributed by atoms with E-state index < -0.39 is 0 Å². The standard InChI is InChI=1S/C15H14N4S/c1-2-13(20-11-1)14-15(19-10-9-17-14)18-8-5-12-3-6-16-7-4-12/h1-4,6-7,9-11H,5,8H2,(H,18,19). The first-order valence-electron chi connectivity index (χ1n) is 6.41. The molecule has 1 N–H and O–H groups in total. The second kappa shape index (κ2) is 6.25. The molecule has 0 aliphatic rings. The monoisotopic (exact) mass is 282 g/mol. The zero-order valence-corrected chi connectivity index (χ0v) is 11.7. The molecule has 0 unspecified atom stereocenters. The van der Waals surface area contributed by atoms with Crippen molar-refractivity contribution in [3.8, 4) is 10.6 Å². The van der Waals surface area contributed by atoms with Gasteiger partial charge in [-0.1, -0.05) is 6.07 Å². The Morgan fingerprint density at radius 3 is 2.65 bits per heavy atom. The molecular weight excluding hydrogens is 268 g/mol. The molecule has 0 fully saturated rings. The van der Waals surface area contributed by atoms with Gasteiger partial charge in [0.15, 0.2) is 5.82 Å². The summed E-state index contributed by atoms with van der Waals surface area (Å²) in [6.45, 7) is 0.821. The van der Waals surface area contributed by atoms with Crippen LogP contribution in [0.1, 0.15) is 5.56 Å². The molecule has 3 aromatic heterocycles. The fourth-order valence-electron chi connectivity index (χ4n) is 1.94. The Labute approximate surface area is 121 Å². The average Bonchev–Trinajstić information content (AvgIpc) is 3.03. The summed E-state index contributed by atoms with van der Waals surface area (Å²) in [6.07, 6.45) is 8.00. The molecule has 0 amide bonds. The minimum absolute atomic E-state index is 0.821. The number of hydrogen-bond acceptors (Lipinski definition) is 5. The number of anilines is 1. The number of nitrogens with one attached hydrogen (secondary N) is 1. The Morgan fingerprint density at radius 1 is 1.00 bits per heavy atom. The molecule has 3 rings (SSSR count).